The van der Waals surface area contributed by atoms with Crippen LogP contribution in [0.1, 0.15) is 18.1 Å². The number of ether oxygens (including phenoxy) is 2. The molecule has 31 heavy (non-hydrogen) atoms. The maximum atomic E-state index is 6.20. The normalized spacial score (nSPS) is 17.8. The van der Waals surface area contributed by atoms with Gasteiger partial charge in [0.15, 0.2) is 0 Å². The molecule has 0 bridgehead atoms. The van der Waals surface area contributed by atoms with E-state index in [1.807, 2.05) is 0 Å². The summed E-state index contributed by atoms with van der Waals surface area (Å²) in [5, 5.41) is 12.2. The second-order valence-electron chi connectivity index (χ2n) is 8.14. The molecule has 5 rings (SSSR count). The van der Waals surface area contributed by atoms with E-state index in [0.29, 0.717) is 19.3 Å². The molecule has 0 spiro atoms. The summed E-state index contributed by atoms with van der Waals surface area (Å²) in [4.78, 5) is 0. The molecule has 4 aromatic carbocycles. The molecule has 1 heterocycles. The summed E-state index contributed by atoms with van der Waals surface area (Å²) in [6.45, 7) is 5.61. The van der Waals surface area contributed by atoms with Gasteiger partial charge in [0.2, 0.25) is 0 Å². The minimum Gasteiger partial charge on any atom is -0.490 e. The van der Waals surface area contributed by atoms with Crippen molar-refractivity contribution in [1.82, 2.24) is 10.6 Å². The van der Waals surface area contributed by atoms with Gasteiger partial charge in [0.05, 0.1) is 0 Å². The van der Waals surface area contributed by atoms with Crippen LogP contribution >= 0.6 is 0 Å². The fraction of sp³-hybridized carbons (Fsp3) is 0.259. The molecule has 1 unspecified atom stereocenters. The van der Waals surface area contributed by atoms with Crippen LogP contribution in [-0.2, 0) is 13.1 Å². The van der Waals surface area contributed by atoms with Gasteiger partial charge in [0.1, 0.15) is 24.7 Å². The van der Waals surface area contributed by atoms with Crippen LogP contribution < -0.4 is 20.1 Å². The predicted octanol–water partition coefficient (Wildman–Crippen LogP) is 5.03. The van der Waals surface area contributed by atoms with Crippen LogP contribution in [0.25, 0.3) is 21.5 Å². The van der Waals surface area contributed by atoms with Gasteiger partial charge in [-0.15, -0.1) is 0 Å². The third kappa shape index (κ3) is 4.22. The highest BCUT2D eigenvalue weighted by Crippen LogP contribution is 2.30. The van der Waals surface area contributed by atoms with Gasteiger partial charge in [0.25, 0.3) is 0 Å². The molecule has 0 aromatic heterocycles. The van der Waals surface area contributed by atoms with Crippen molar-refractivity contribution in [3.05, 3.63) is 83.9 Å². The lowest BCUT2D eigenvalue weighted by atomic mass is 10.0. The van der Waals surface area contributed by atoms with Crippen LogP contribution in [0.5, 0.6) is 11.5 Å². The summed E-state index contributed by atoms with van der Waals surface area (Å²) in [7, 11) is 0. The van der Waals surface area contributed by atoms with Crippen molar-refractivity contribution in [2.45, 2.75) is 26.1 Å². The number of nitrogens with one attached hydrogen (secondary N) is 2. The second-order valence-corrected chi connectivity index (χ2v) is 8.14. The number of benzene rings is 4. The first-order valence-electron chi connectivity index (χ1n) is 11.0. The lowest BCUT2D eigenvalue weighted by Crippen LogP contribution is -2.36. The Bertz CT molecular complexity index is 1200. The quantitative estimate of drug-likeness (QED) is 0.425. The molecule has 0 fully saturated rings. The van der Waals surface area contributed by atoms with Crippen molar-refractivity contribution < 1.29 is 9.47 Å². The summed E-state index contributed by atoms with van der Waals surface area (Å²) in [6.07, 6.45) is 0. The zero-order valence-electron chi connectivity index (χ0n) is 17.9. The summed E-state index contributed by atoms with van der Waals surface area (Å²) < 4.78 is 12.4. The molecular weight excluding hydrogens is 384 g/mol. The first kappa shape index (κ1) is 19.9. The smallest absolute Gasteiger partial charge is 0.124 e. The van der Waals surface area contributed by atoms with Gasteiger partial charge in [-0.3, -0.25) is 0 Å². The van der Waals surface area contributed by atoms with Crippen molar-refractivity contribution in [2.24, 2.45) is 0 Å². The summed E-state index contributed by atoms with van der Waals surface area (Å²) in [5.74, 6) is 1.84. The highest BCUT2D eigenvalue weighted by atomic mass is 16.5. The van der Waals surface area contributed by atoms with Crippen molar-refractivity contribution in [3.63, 3.8) is 0 Å². The molecule has 0 radical (unpaired) electrons. The Balaban J connectivity index is 1.46. The Morgan fingerprint density at radius 2 is 1.23 bits per heavy atom. The molecule has 0 aliphatic carbocycles. The molecule has 1 aliphatic rings. The average molecular weight is 413 g/mol. The molecule has 0 saturated heterocycles. The van der Waals surface area contributed by atoms with E-state index in [2.05, 4.69) is 90.4 Å². The lowest BCUT2D eigenvalue weighted by molar-refractivity contribution is 0.214. The second kappa shape index (κ2) is 8.96. The molecule has 4 heteroatoms. The van der Waals surface area contributed by atoms with E-state index in [0.717, 1.165) is 31.1 Å². The van der Waals surface area contributed by atoms with E-state index in [1.54, 1.807) is 0 Å². The monoisotopic (exact) mass is 412 g/mol. The van der Waals surface area contributed by atoms with E-state index >= 15 is 0 Å². The molecule has 4 nitrogen and oxygen atoms in total. The largest absolute Gasteiger partial charge is 0.490 e. The van der Waals surface area contributed by atoms with Gasteiger partial charge in [-0.25, -0.2) is 0 Å². The average Bonchev–Trinajstić information content (AvgIpc) is 2.81. The van der Waals surface area contributed by atoms with E-state index in [9.17, 15) is 0 Å². The molecule has 2 N–H and O–H groups in total. The maximum Gasteiger partial charge on any atom is 0.124 e. The lowest BCUT2D eigenvalue weighted by Gasteiger charge is -2.21. The molecule has 158 valence electrons. The van der Waals surface area contributed by atoms with Gasteiger partial charge < -0.3 is 20.1 Å². The Morgan fingerprint density at radius 3 is 1.84 bits per heavy atom. The Kier molecular flexibility index (Phi) is 5.74. The van der Waals surface area contributed by atoms with Crippen molar-refractivity contribution in [1.29, 1.82) is 0 Å². The van der Waals surface area contributed by atoms with Crippen LogP contribution in [0.2, 0.25) is 0 Å². The van der Waals surface area contributed by atoms with E-state index in [4.69, 9.17) is 9.47 Å². The van der Waals surface area contributed by atoms with Gasteiger partial charge in [-0.2, -0.15) is 0 Å². The van der Waals surface area contributed by atoms with Crippen LogP contribution in [0.4, 0.5) is 0 Å². The molecule has 1 aliphatic heterocycles. The van der Waals surface area contributed by atoms with Gasteiger partial charge in [-0.1, -0.05) is 60.7 Å². The van der Waals surface area contributed by atoms with Crippen LogP contribution in [0, 0.1) is 0 Å². The summed E-state index contributed by atoms with van der Waals surface area (Å²) in [6, 6.07) is 25.7. The van der Waals surface area contributed by atoms with E-state index in [1.165, 1.54) is 32.7 Å². The standard InChI is InChI=1S/C27H28N2O2/c1-19-16-28-17-24-22-8-4-2-6-20(22)10-12-26(24)30-14-15-31-27-13-11-21-7-3-5-9-23(21)25(27)18-29-19/h2-13,19,28-29H,14-18H2,1H3. The van der Waals surface area contributed by atoms with E-state index in [-0.39, 0.29) is 0 Å². The third-order valence-electron chi connectivity index (χ3n) is 5.97. The number of hydrogen-bond acceptors (Lipinski definition) is 4. The van der Waals surface area contributed by atoms with Gasteiger partial charge in [0, 0.05) is 36.8 Å². The van der Waals surface area contributed by atoms with Crippen LogP contribution in [0.3, 0.4) is 0 Å². The third-order valence-corrected chi connectivity index (χ3v) is 5.97. The van der Waals surface area contributed by atoms with Gasteiger partial charge >= 0.3 is 0 Å². The minimum absolute atomic E-state index is 0.314. The predicted molar refractivity (Wildman–Crippen MR) is 127 cm³/mol. The highest BCUT2D eigenvalue weighted by molar-refractivity contribution is 5.88. The van der Waals surface area contributed by atoms with Crippen molar-refractivity contribution in [3.8, 4) is 11.5 Å². The number of hydrogen-bond donors (Lipinski definition) is 2. The number of fused-ring (bicyclic) bond motifs is 6. The highest BCUT2D eigenvalue weighted by Gasteiger charge is 2.14. The molecule has 1 atom stereocenters. The molecule has 0 amide bonds. The summed E-state index contributed by atoms with van der Waals surface area (Å²) in [5.41, 5.74) is 2.40. The maximum absolute atomic E-state index is 6.20. The first-order chi connectivity index (χ1) is 15.3. The van der Waals surface area contributed by atoms with E-state index < -0.39 is 0 Å². The summed E-state index contributed by atoms with van der Waals surface area (Å²) >= 11 is 0. The van der Waals surface area contributed by atoms with Crippen molar-refractivity contribution in [2.75, 3.05) is 19.8 Å². The zero-order chi connectivity index (χ0) is 21.0. The first-order valence-corrected chi connectivity index (χ1v) is 11.0. The fourth-order valence-electron chi connectivity index (χ4n) is 4.33. The fourth-order valence-corrected chi connectivity index (χ4v) is 4.33. The SMILES string of the molecule is CC1CNCc2c(ccc3ccccc23)OCCOc2ccc3ccccc3c2CN1. The molecular formula is C27H28N2O2. The zero-order valence-corrected chi connectivity index (χ0v) is 17.9. The van der Waals surface area contributed by atoms with Crippen LogP contribution in [0.15, 0.2) is 72.8 Å². The Morgan fingerprint density at radius 1 is 0.677 bits per heavy atom. The molecule has 0 saturated carbocycles. The Hall–Kier alpha value is -3.08. The number of rotatable bonds is 0. The topological polar surface area (TPSA) is 42.5 Å². The minimum atomic E-state index is 0.314. The van der Waals surface area contributed by atoms with Gasteiger partial charge in [-0.05, 0) is 40.6 Å². The van der Waals surface area contributed by atoms with Crippen molar-refractivity contribution >= 4 is 21.5 Å². The Labute approximate surface area is 183 Å². The van der Waals surface area contributed by atoms with Crippen LogP contribution in [-0.4, -0.2) is 25.8 Å². The molecule has 4 aromatic rings.